The van der Waals surface area contributed by atoms with Crippen molar-refractivity contribution in [3.63, 3.8) is 0 Å². The van der Waals surface area contributed by atoms with Gasteiger partial charge in [-0.1, -0.05) is 67.1 Å². The predicted molar refractivity (Wildman–Crippen MR) is 148 cm³/mol. The minimum Gasteiger partial charge on any atom is -0.492 e. The van der Waals surface area contributed by atoms with E-state index in [9.17, 15) is 18.0 Å². The van der Waals surface area contributed by atoms with Gasteiger partial charge in [-0.05, 0) is 50.1 Å². The lowest BCUT2D eigenvalue weighted by molar-refractivity contribution is -0.140. The molecule has 0 aliphatic rings. The number of likely N-dealkylation sites (N-methyl/N-ethyl adjacent to an activating group) is 1. The molecular weight excluding hydrogens is 502 g/mol. The maximum atomic E-state index is 14.0. The molecule has 0 aliphatic heterocycles. The highest BCUT2D eigenvalue weighted by atomic mass is 32.2. The minimum absolute atomic E-state index is 0.0511. The lowest BCUT2D eigenvalue weighted by Gasteiger charge is -2.33. The summed E-state index contributed by atoms with van der Waals surface area (Å²) in [6.45, 7) is 5.44. The van der Waals surface area contributed by atoms with Crippen molar-refractivity contribution in [1.29, 1.82) is 0 Å². The Kier molecular flexibility index (Phi) is 9.90. The van der Waals surface area contributed by atoms with Crippen molar-refractivity contribution >= 4 is 27.5 Å². The third-order valence-electron chi connectivity index (χ3n) is 6.15. The fraction of sp³-hybridized carbons (Fsp3) is 0.310. The summed E-state index contributed by atoms with van der Waals surface area (Å²) < 4.78 is 34.7. The molecule has 3 rings (SSSR count). The van der Waals surface area contributed by atoms with E-state index in [-0.39, 0.29) is 23.0 Å². The Hall–Kier alpha value is -3.85. The van der Waals surface area contributed by atoms with Gasteiger partial charge < -0.3 is 15.0 Å². The smallest absolute Gasteiger partial charge is 0.264 e. The van der Waals surface area contributed by atoms with Crippen molar-refractivity contribution in [2.24, 2.45) is 0 Å². The Morgan fingerprint density at radius 2 is 1.55 bits per heavy atom. The zero-order chi connectivity index (χ0) is 27.7. The molecule has 0 bridgehead atoms. The van der Waals surface area contributed by atoms with Gasteiger partial charge >= 0.3 is 0 Å². The summed E-state index contributed by atoms with van der Waals surface area (Å²) in [5.74, 6) is -0.489. The molecular formula is C29H35N3O5S. The fourth-order valence-corrected chi connectivity index (χ4v) is 5.58. The molecule has 0 heterocycles. The number of benzene rings is 3. The predicted octanol–water partition coefficient (Wildman–Crippen LogP) is 4.14. The third-order valence-corrected chi connectivity index (χ3v) is 7.92. The monoisotopic (exact) mass is 537 g/mol. The van der Waals surface area contributed by atoms with Gasteiger partial charge in [-0.25, -0.2) is 8.42 Å². The molecule has 0 fully saturated rings. The van der Waals surface area contributed by atoms with Crippen LogP contribution in [0.5, 0.6) is 5.75 Å². The van der Waals surface area contributed by atoms with E-state index in [0.29, 0.717) is 18.8 Å². The van der Waals surface area contributed by atoms with Gasteiger partial charge in [-0.3, -0.25) is 13.9 Å². The average Bonchev–Trinajstić information content (AvgIpc) is 2.92. The van der Waals surface area contributed by atoms with E-state index >= 15 is 0 Å². The summed E-state index contributed by atoms with van der Waals surface area (Å²) >= 11 is 0. The van der Waals surface area contributed by atoms with Crippen molar-refractivity contribution < 1.29 is 22.7 Å². The van der Waals surface area contributed by atoms with E-state index < -0.39 is 28.5 Å². The topological polar surface area (TPSA) is 96.0 Å². The largest absolute Gasteiger partial charge is 0.492 e. The average molecular weight is 538 g/mol. The molecule has 3 aromatic carbocycles. The number of anilines is 1. The highest BCUT2D eigenvalue weighted by Crippen LogP contribution is 2.33. The van der Waals surface area contributed by atoms with Gasteiger partial charge in [0.1, 0.15) is 18.3 Å². The second kappa shape index (κ2) is 13.1. The summed E-state index contributed by atoms with van der Waals surface area (Å²) in [5.41, 5.74) is 1.98. The quantitative estimate of drug-likeness (QED) is 0.375. The second-order valence-corrected chi connectivity index (χ2v) is 10.6. The molecule has 0 saturated carbocycles. The minimum atomic E-state index is -4.17. The molecule has 3 aromatic rings. The van der Waals surface area contributed by atoms with E-state index in [0.717, 1.165) is 15.4 Å². The van der Waals surface area contributed by atoms with Crippen molar-refractivity contribution in [1.82, 2.24) is 10.2 Å². The Labute approximate surface area is 225 Å². The maximum absolute atomic E-state index is 14.0. The summed E-state index contributed by atoms with van der Waals surface area (Å²) in [6, 6.07) is 21.7. The first-order chi connectivity index (χ1) is 18.2. The standard InChI is InChI=1S/C29H35N3O5S/c1-5-25(29(34)30-4)31(20-23-12-8-7-9-13-23)28(33)21-32(26-14-10-11-15-27(26)37-6-2)38(35,36)24-18-16-22(3)17-19-24/h7-19,25H,5-6,20-21H2,1-4H3,(H,30,34)/t25-/m0/s1. The first kappa shape index (κ1) is 28.7. The van der Waals surface area contributed by atoms with Crippen molar-refractivity contribution in [2.75, 3.05) is 24.5 Å². The van der Waals surface area contributed by atoms with E-state index in [4.69, 9.17) is 4.74 Å². The van der Waals surface area contributed by atoms with Crippen molar-refractivity contribution in [2.45, 2.75) is 44.7 Å². The molecule has 9 heteroatoms. The van der Waals surface area contributed by atoms with E-state index in [2.05, 4.69) is 5.32 Å². The first-order valence-electron chi connectivity index (χ1n) is 12.6. The molecule has 8 nitrogen and oxygen atoms in total. The Bertz CT molecular complexity index is 1330. The highest BCUT2D eigenvalue weighted by Gasteiger charge is 2.34. The Balaban J connectivity index is 2.10. The summed E-state index contributed by atoms with van der Waals surface area (Å²) in [7, 11) is -2.65. The number of para-hydroxylation sites is 2. The van der Waals surface area contributed by atoms with Crippen molar-refractivity contribution in [3.05, 3.63) is 90.0 Å². The van der Waals surface area contributed by atoms with Crippen LogP contribution in [0.1, 0.15) is 31.4 Å². The molecule has 0 spiro atoms. The molecule has 1 N–H and O–H groups in total. The van der Waals surface area contributed by atoms with Crippen LogP contribution in [-0.4, -0.2) is 51.4 Å². The van der Waals surface area contributed by atoms with Gasteiger partial charge in [0.05, 0.1) is 17.2 Å². The number of hydrogen-bond acceptors (Lipinski definition) is 5. The molecule has 0 saturated heterocycles. The molecule has 0 aromatic heterocycles. The van der Waals surface area contributed by atoms with Crippen LogP contribution in [-0.2, 0) is 26.2 Å². The van der Waals surface area contributed by atoms with Crippen LogP contribution in [0, 0.1) is 6.92 Å². The van der Waals surface area contributed by atoms with Crippen LogP contribution in [0.2, 0.25) is 0 Å². The Morgan fingerprint density at radius 1 is 0.921 bits per heavy atom. The summed E-state index contributed by atoms with van der Waals surface area (Å²) in [4.78, 5) is 28.2. The molecule has 1 atom stereocenters. The lowest BCUT2D eigenvalue weighted by atomic mass is 10.1. The van der Waals surface area contributed by atoms with E-state index in [1.165, 1.54) is 24.1 Å². The number of amides is 2. The SMILES string of the molecule is CCOc1ccccc1N(CC(=O)N(Cc1ccccc1)[C@@H](CC)C(=O)NC)S(=O)(=O)c1ccc(C)cc1. The number of carbonyl (C=O) groups excluding carboxylic acids is 2. The van der Waals surface area contributed by atoms with Gasteiger partial charge in [-0.2, -0.15) is 0 Å². The normalized spacial score (nSPS) is 11.9. The molecule has 0 radical (unpaired) electrons. The number of hydrogen-bond donors (Lipinski definition) is 1. The van der Waals surface area contributed by atoms with Gasteiger partial charge in [0, 0.05) is 13.6 Å². The number of nitrogens with one attached hydrogen (secondary N) is 1. The number of carbonyl (C=O) groups is 2. The highest BCUT2D eigenvalue weighted by molar-refractivity contribution is 7.92. The van der Waals surface area contributed by atoms with Gasteiger partial charge in [0.25, 0.3) is 10.0 Å². The van der Waals surface area contributed by atoms with Crippen LogP contribution in [0.3, 0.4) is 0 Å². The number of nitrogens with zero attached hydrogens (tertiary/aromatic N) is 2. The third kappa shape index (κ3) is 6.72. The van der Waals surface area contributed by atoms with E-state index in [1.54, 1.807) is 43.3 Å². The molecule has 2 amide bonds. The molecule has 202 valence electrons. The van der Waals surface area contributed by atoms with E-state index in [1.807, 2.05) is 44.2 Å². The molecule has 0 aliphatic carbocycles. The van der Waals surface area contributed by atoms with Gasteiger partial charge in [0.15, 0.2) is 0 Å². The fourth-order valence-electron chi connectivity index (χ4n) is 4.16. The number of rotatable bonds is 12. The zero-order valence-corrected chi connectivity index (χ0v) is 23.1. The van der Waals surface area contributed by atoms with Crippen molar-refractivity contribution in [3.8, 4) is 5.75 Å². The van der Waals surface area contributed by atoms with Crippen LogP contribution in [0.25, 0.3) is 0 Å². The number of aryl methyl sites for hydroxylation is 1. The van der Waals surface area contributed by atoms with Crippen LogP contribution in [0.15, 0.2) is 83.8 Å². The van der Waals surface area contributed by atoms with Gasteiger partial charge in [-0.15, -0.1) is 0 Å². The number of ether oxygens (including phenoxy) is 1. The van der Waals surface area contributed by atoms with Crippen LogP contribution < -0.4 is 14.4 Å². The lowest BCUT2D eigenvalue weighted by Crippen LogP contribution is -2.51. The second-order valence-electron chi connectivity index (χ2n) is 8.77. The summed E-state index contributed by atoms with van der Waals surface area (Å²) in [5, 5.41) is 2.62. The first-order valence-corrected chi connectivity index (χ1v) is 14.0. The van der Waals surface area contributed by atoms with Gasteiger partial charge in [0.2, 0.25) is 11.8 Å². The Morgan fingerprint density at radius 3 is 2.16 bits per heavy atom. The van der Waals surface area contributed by atoms with Crippen LogP contribution in [0.4, 0.5) is 5.69 Å². The zero-order valence-electron chi connectivity index (χ0n) is 22.3. The molecule has 0 unspecified atom stereocenters. The van der Waals surface area contributed by atoms with Crippen LogP contribution >= 0.6 is 0 Å². The maximum Gasteiger partial charge on any atom is 0.264 e. The molecule has 38 heavy (non-hydrogen) atoms. The summed E-state index contributed by atoms with van der Waals surface area (Å²) in [6.07, 6.45) is 0.360. The number of sulfonamides is 1.